The molecule has 2 aromatic rings. The van der Waals surface area contributed by atoms with Crippen LogP contribution in [0.1, 0.15) is 56.3 Å². The Balaban J connectivity index is 1.93. The van der Waals surface area contributed by atoms with Gasteiger partial charge in [0.25, 0.3) is 5.91 Å². The van der Waals surface area contributed by atoms with Crippen LogP contribution in [0.2, 0.25) is 0 Å². The highest BCUT2D eigenvalue weighted by Gasteiger charge is 2.15. The summed E-state index contributed by atoms with van der Waals surface area (Å²) in [6, 6.07) is 12.9. The van der Waals surface area contributed by atoms with E-state index in [4.69, 9.17) is 21.7 Å². The predicted molar refractivity (Wildman–Crippen MR) is 130 cm³/mol. The molecule has 2 aromatic carbocycles. The van der Waals surface area contributed by atoms with Gasteiger partial charge in [-0.05, 0) is 55.4 Å². The minimum absolute atomic E-state index is 0.210. The number of carbonyl (C=O) groups excluding carboxylic acids is 1. The summed E-state index contributed by atoms with van der Waals surface area (Å²) < 4.78 is 12.3. The van der Waals surface area contributed by atoms with Crippen molar-refractivity contribution in [1.82, 2.24) is 5.32 Å². The lowest BCUT2D eigenvalue weighted by molar-refractivity contribution is 0.0973. The van der Waals surface area contributed by atoms with Crippen LogP contribution in [0, 0.1) is 0 Å². The Kier molecular flexibility index (Phi) is 10.7. The predicted octanol–water partition coefficient (Wildman–Crippen LogP) is 6.32. The van der Waals surface area contributed by atoms with Crippen molar-refractivity contribution in [3.8, 4) is 11.5 Å². The Morgan fingerprint density at radius 3 is 2.60 bits per heavy atom. The molecule has 2 N–H and O–H groups in total. The summed E-state index contributed by atoms with van der Waals surface area (Å²) in [5, 5.41) is 5.96. The summed E-state index contributed by atoms with van der Waals surface area (Å²) in [4.78, 5) is 12.7. The summed E-state index contributed by atoms with van der Waals surface area (Å²) in [5.74, 6) is 0.968. The smallest absolute Gasteiger partial charge is 0.261 e. The Morgan fingerprint density at radius 2 is 1.83 bits per heavy atom. The first kappa shape index (κ1) is 24.2. The van der Waals surface area contributed by atoms with Gasteiger partial charge in [-0.1, -0.05) is 55.1 Å². The molecule has 0 aliphatic heterocycles. The van der Waals surface area contributed by atoms with Gasteiger partial charge in [-0.2, -0.15) is 0 Å². The first-order valence-electron chi connectivity index (χ1n) is 10.3. The molecule has 0 saturated heterocycles. The van der Waals surface area contributed by atoms with Gasteiger partial charge in [0, 0.05) is 16.2 Å². The van der Waals surface area contributed by atoms with Crippen LogP contribution in [0.3, 0.4) is 0 Å². The number of anilines is 1. The van der Waals surface area contributed by atoms with Crippen LogP contribution in [-0.4, -0.2) is 24.2 Å². The highest BCUT2D eigenvalue weighted by Crippen LogP contribution is 2.24. The minimum atomic E-state index is -0.330. The van der Waals surface area contributed by atoms with E-state index >= 15 is 0 Å². The molecule has 0 aliphatic rings. The lowest BCUT2D eigenvalue weighted by Crippen LogP contribution is -2.34. The molecular weight excluding hydrogens is 464 g/mol. The van der Waals surface area contributed by atoms with Gasteiger partial charge in [-0.3, -0.25) is 10.1 Å². The largest absolute Gasteiger partial charge is 0.494 e. The number of nitrogens with one attached hydrogen (secondary N) is 2. The SMILES string of the molecule is CCCCCCOc1cccc(NC(=S)NC(=O)c2cc(Br)ccc2OCCC)c1. The van der Waals surface area contributed by atoms with Crippen molar-refractivity contribution in [1.29, 1.82) is 0 Å². The average Bonchev–Trinajstić information content (AvgIpc) is 2.72. The molecule has 30 heavy (non-hydrogen) atoms. The van der Waals surface area contributed by atoms with Crippen molar-refractivity contribution >= 4 is 44.9 Å². The number of unbranched alkanes of at least 4 members (excludes halogenated alkanes) is 3. The van der Waals surface area contributed by atoms with Crippen LogP contribution in [0.5, 0.6) is 11.5 Å². The summed E-state index contributed by atoms with van der Waals surface area (Å²) in [7, 11) is 0. The van der Waals surface area contributed by atoms with Crippen LogP contribution in [-0.2, 0) is 0 Å². The lowest BCUT2D eigenvalue weighted by atomic mass is 10.2. The monoisotopic (exact) mass is 492 g/mol. The molecule has 162 valence electrons. The van der Waals surface area contributed by atoms with Crippen LogP contribution in [0.25, 0.3) is 0 Å². The van der Waals surface area contributed by atoms with Crippen molar-refractivity contribution in [3.05, 3.63) is 52.5 Å². The second-order valence-corrected chi connectivity index (χ2v) is 8.16. The zero-order valence-electron chi connectivity index (χ0n) is 17.5. The number of thiocarbonyl (C=S) groups is 1. The molecule has 0 aliphatic carbocycles. The van der Waals surface area contributed by atoms with Gasteiger partial charge in [0.1, 0.15) is 11.5 Å². The fourth-order valence-corrected chi connectivity index (χ4v) is 3.30. The standard InChI is InChI=1S/C23H29BrN2O3S/c1-3-5-6-7-14-28-19-10-8-9-18(16-19)25-23(30)26-22(27)20-15-17(24)11-12-21(20)29-13-4-2/h8-12,15-16H,3-7,13-14H2,1-2H3,(H2,25,26,27,30). The molecule has 5 nitrogen and oxygen atoms in total. The summed E-state index contributed by atoms with van der Waals surface area (Å²) in [6.45, 7) is 5.43. The van der Waals surface area contributed by atoms with Crippen molar-refractivity contribution in [2.24, 2.45) is 0 Å². The van der Waals surface area contributed by atoms with Crippen LogP contribution in [0.4, 0.5) is 5.69 Å². The third-order valence-electron chi connectivity index (χ3n) is 4.23. The maximum absolute atomic E-state index is 12.7. The molecule has 0 atom stereocenters. The maximum atomic E-state index is 12.7. The number of hydrogen-bond acceptors (Lipinski definition) is 4. The Bertz CT molecular complexity index is 845. The fourth-order valence-electron chi connectivity index (χ4n) is 2.73. The van der Waals surface area contributed by atoms with E-state index in [0.717, 1.165) is 28.8 Å². The van der Waals surface area contributed by atoms with E-state index in [-0.39, 0.29) is 11.0 Å². The topological polar surface area (TPSA) is 59.6 Å². The number of ether oxygens (including phenoxy) is 2. The Morgan fingerprint density at radius 1 is 1.00 bits per heavy atom. The molecule has 0 bridgehead atoms. The maximum Gasteiger partial charge on any atom is 0.261 e. The van der Waals surface area contributed by atoms with Crippen molar-refractivity contribution in [3.63, 3.8) is 0 Å². The van der Waals surface area contributed by atoms with Crippen LogP contribution >= 0.6 is 28.1 Å². The third kappa shape index (κ3) is 8.32. The van der Waals surface area contributed by atoms with Gasteiger partial charge in [-0.25, -0.2) is 0 Å². The summed E-state index contributed by atoms with van der Waals surface area (Å²) >= 11 is 8.72. The molecule has 0 spiro atoms. The molecule has 1 amide bonds. The van der Waals surface area contributed by atoms with E-state index in [1.165, 1.54) is 19.3 Å². The van der Waals surface area contributed by atoms with Crippen molar-refractivity contribution in [2.45, 2.75) is 46.0 Å². The average molecular weight is 493 g/mol. The highest BCUT2D eigenvalue weighted by atomic mass is 79.9. The molecule has 0 aromatic heterocycles. The normalized spacial score (nSPS) is 10.4. The van der Waals surface area contributed by atoms with Gasteiger partial charge < -0.3 is 14.8 Å². The summed E-state index contributed by atoms with van der Waals surface area (Å²) in [6.07, 6.45) is 5.49. The van der Waals surface area contributed by atoms with Gasteiger partial charge in [0.05, 0.1) is 18.8 Å². The second kappa shape index (κ2) is 13.2. The molecule has 0 fully saturated rings. The number of benzene rings is 2. The Hall–Kier alpha value is -2.12. The summed E-state index contributed by atoms with van der Waals surface area (Å²) in [5.41, 5.74) is 1.18. The number of halogens is 1. The first-order valence-corrected chi connectivity index (χ1v) is 11.5. The first-order chi connectivity index (χ1) is 14.5. The third-order valence-corrected chi connectivity index (χ3v) is 4.93. The van der Waals surface area contributed by atoms with Gasteiger partial charge in [-0.15, -0.1) is 0 Å². The number of hydrogen-bond donors (Lipinski definition) is 2. The number of amides is 1. The van der Waals surface area contributed by atoms with Crippen LogP contribution < -0.4 is 20.1 Å². The van der Waals surface area contributed by atoms with Gasteiger partial charge in [0.15, 0.2) is 5.11 Å². The molecule has 7 heteroatoms. The van der Waals surface area contributed by atoms with Crippen molar-refractivity contribution < 1.29 is 14.3 Å². The molecule has 0 radical (unpaired) electrons. The quantitative estimate of drug-likeness (QED) is 0.283. The van der Waals surface area contributed by atoms with E-state index in [1.807, 2.05) is 37.3 Å². The fraction of sp³-hybridized carbons (Fsp3) is 0.391. The van der Waals surface area contributed by atoms with Gasteiger partial charge in [0.2, 0.25) is 0 Å². The second-order valence-electron chi connectivity index (χ2n) is 6.83. The number of rotatable bonds is 11. The van der Waals surface area contributed by atoms with E-state index in [2.05, 4.69) is 33.5 Å². The van der Waals surface area contributed by atoms with Gasteiger partial charge >= 0.3 is 0 Å². The van der Waals surface area contributed by atoms with Crippen LogP contribution in [0.15, 0.2) is 46.9 Å². The zero-order chi connectivity index (χ0) is 21.8. The minimum Gasteiger partial charge on any atom is -0.494 e. The van der Waals surface area contributed by atoms with Crippen molar-refractivity contribution in [2.75, 3.05) is 18.5 Å². The number of carbonyl (C=O) groups is 1. The molecule has 0 saturated carbocycles. The molecular formula is C23H29BrN2O3S. The molecule has 0 unspecified atom stereocenters. The molecule has 2 rings (SSSR count). The lowest BCUT2D eigenvalue weighted by Gasteiger charge is -2.14. The van der Waals surface area contributed by atoms with E-state index < -0.39 is 0 Å². The van der Waals surface area contributed by atoms with E-state index in [0.29, 0.717) is 24.5 Å². The Labute approximate surface area is 192 Å². The highest BCUT2D eigenvalue weighted by molar-refractivity contribution is 9.10. The molecule has 0 heterocycles. The zero-order valence-corrected chi connectivity index (χ0v) is 19.9. The van der Waals surface area contributed by atoms with E-state index in [9.17, 15) is 4.79 Å². The van der Waals surface area contributed by atoms with E-state index in [1.54, 1.807) is 12.1 Å².